The zero-order valence-electron chi connectivity index (χ0n) is 15.1. The van der Waals surface area contributed by atoms with E-state index in [0.29, 0.717) is 49.3 Å². The summed E-state index contributed by atoms with van der Waals surface area (Å²) in [6.45, 7) is 5.83. The van der Waals surface area contributed by atoms with Crippen LogP contribution in [0.15, 0.2) is 24.4 Å². The fraction of sp³-hybridized carbons (Fsp3) is 0.526. The number of pyridine rings is 1. The van der Waals surface area contributed by atoms with Crippen LogP contribution in [0.25, 0.3) is 5.52 Å². The standard InChI is InChI=1S/C19H24N4O3/c1-14-5-4-7-22(13-14)19(25)17-20-16(15-6-2-3-8-23(15)17)18(24)21-9-11-26-12-10-21/h2-3,6,8,14H,4-5,7,9-13H2,1H3. The Morgan fingerprint density at radius 1 is 1.12 bits per heavy atom. The van der Waals surface area contributed by atoms with Gasteiger partial charge in [0.2, 0.25) is 5.82 Å². The highest BCUT2D eigenvalue weighted by Crippen LogP contribution is 2.21. The number of hydrogen-bond donors (Lipinski definition) is 0. The number of imidazole rings is 1. The number of ether oxygens (including phenoxy) is 1. The monoisotopic (exact) mass is 356 g/mol. The smallest absolute Gasteiger partial charge is 0.290 e. The lowest BCUT2D eigenvalue weighted by molar-refractivity contribution is 0.0300. The van der Waals surface area contributed by atoms with Crippen molar-refractivity contribution in [2.24, 2.45) is 5.92 Å². The molecule has 0 bridgehead atoms. The minimum Gasteiger partial charge on any atom is -0.378 e. The molecule has 4 heterocycles. The predicted molar refractivity (Wildman–Crippen MR) is 96.2 cm³/mol. The number of carbonyl (C=O) groups is 2. The molecule has 7 nitrogen and oxygen atoms in total. The molecule has 2 aromatic rings. The Kier molecular flexibility index (Phi) is 4.63. The first-order chi connectivity index (χ1) is 12.6. The minimum atomic E-state index is -0.136. The maximum Gasteiger partial charge on any atom is 0.290 e. The van der Waals surface area contributed by atoms with Gasteiger partial charge in [-0.1, -0.05) is 13.0 Å². The number of rotatable bonds is 2. The van der Waals surface area contributed by atoms with Gasteiger partial charge in [0.1, 0.15) is 0 Å². The number of piperidine rings is 1. The minimum absolute atomic E-state index is 0.0984. The van der Waals surface area contributed by atoms with E-state index in [-0.39, 0.29) is 11.8 Å². The van der Waals surface area contributed by atoms with Crippen molar-refractivity contribution >= 4 is 17.3 Å². The highest BCUT2D eigenvalue weighted by atomic mass is 16.5. The number of hydrogen-bond acceptors (Lipinski definition) is 4. The Bertz CT molecular complexity index is 825. The van der Waals surface area contributed by atoms with E-state index in [1.807, 2.05) is 23.1 Å². The molecule has 2 aliphatic heterocycles. The SMILES string of the molecule is CC1CCCN(C(=O)c2nc(C(=O)N3CCOCC3)c3ccccn23)C1. The third-order valence-electron chi connectivity index (χ3n) is 5.18. The van der Waals surface area contributed by atoms with E-state index in [1.165, 1.54) is 0 Å². The number of morpholine rings is 1. The summed E-state index contributed by atoms with van der Waals surface area (Å²) in [6.07, 6.45) is 3.96. The van der Waals surface area contributed by atoms with E-state index < -0.39 is 0 Å². The number of carbonyl (C=O) groups excluding carboxylic acids is 2. The molecule has 1 unspecified atom stereocenters. The largest absolute Gasteiger partial charge is 0.378 e. The van der Waals surface area contributed by atoms with Gasteiger partial charge in [-0.05, 0) is 30.9 Å². The lowest BCUT2D eigenvalue weighted by Gasteiger charge is -2.30. The second kappa shape index (κ2) is 7.07. The van der Waals surface area contributed by atoms with Crippen LogP contribution in [0.3, 0.4) is 0 Å². The summed E-state index contributed by atoms with van der Waals surface area (Å²) in [4.78, 5) is 34.1. The fourth-order valence-corrected chi connectivity index (χ4v) is 3.78. The molecule has 2 aromatic heterocycles. The summed E-state index contributed by atoms with van der Waals surface area (Å²) < 4.78 is 7.07. The van der Waals surface area contributed by atoms with Crippen molar-refractivity contribution in [1.29, 1.82) is 0 Å². The van der Waals surface area contributed by atoms with Crippen LogP contribution >= 0.6 is 0 Å². The molecular formula is C19H24N4O3. The van der Waals surface area contributed by atoms with Gasteiger partial charge >= 0.3 is 0 Å². The second-order valence-electron chi connectivity index (χ2n) is 7.14. The second-order valence-corrected chi connectivity index (χ2v) is 7.14. The Morgan fingerprint density at radius 2 is 1.92 bits per heavy atom. The molecule has 7 heteroatoms. The molecule has 2 fully saturated rings. The van der Waals surface area contributed by atoms with E-state index >= 15 is 0 Å². The normalized spacial score (nSPS) is 21.2. The van der Waals surface area contributed by atoms with Gasteiger partial charge in [-0.3, -0.25) is 14.0 Å². The first-order valence-corrected chi connectivity index (χ1v) is 9.28. The maximum absolute atomic E-state index is 13.1. The quantitative estimate of drug-likeness (QED) is 0.821. The molecule has 0 aromatic carbocycles. The molecule has 26 heavy (non-hydrogen) atoms. The van der Waals surface area contributed by atoms with Gasteiger partial charge in [-0.25, -0.2) is 4.98 Å². The van der Waals surface area contributed by atoms with Crippen LogP contribution in [0.1, 0.15) is 40.9 Å². The zero-order chi connectivity index (χ0) is 18.1. The van der Waals surface area contributed by atoms with Gasteiger partial charge in [-0.15, -0.1) is 0 Å². The highest BCUT2D eigenvalue weighted by molar-refractivity contribution is 6.02. The van der Waals surface area contributed by atoms with Crippen molar-refractivity contribution in [2.45, 2.75) is 19.8 Å². The van der Waals surface area contributed by atoms with Crippen molar-refractivity contribution in [2.75, 3.05) is 39.4 Å². The summed E-state index contributed by atoms with van der Waals surface area (Å²) in [5.41, 5.74) is 1.03. The Balaban J connectivity index is 1.69. The average molecular weight is 356 g/mol. The predicted octanol–water partition coefficient (Wildman–Crippen LogP) is 1.68. The van der Waals surface area contributed by atoms with Crippen LogP contribution in [0.5, 0.6) is 0 Å². The van der Waals surface area contributed by atoms with Gasteiger partial charge in [-0.2, -0.15) is 0 Å². The van der Waals surface area contributed by atoms with Crippen LogP contribution < -0.4 is 0 Å². The molecule has 0 saturated carbocycles. The molecule has 0 aliphatic carbocycles. The molecule has 1 atom stereocenters. The topological polar surface area (TPSA) is 67.2 Å². The Morgan fingerprint density at radius 3 is 2.69 bits per heavy atom. The van der Waals surface area contributed by atoms with Crippen molar-refractivity contribution < 1.29 is 14.3 Å². The number of amides is 2. The van der Waals surface area contributed by atoms with Crippen LogP contribution in [0.4, 0.5) is 0 Å². The van der Waals surface area contributed by atoms with E-state index in [1.54, 1.807) is 15.5 Å². The van der Waals surface area contributed by atoms with E-state index in [4.69, 9.17) is 4.74 Å². The zero-order valence-corrected chi connectivity index (χ0v) is 15.1. The number of fused-ring (bicyclic) bond motifs is 1. The van der Waals surface area contributed by atoms with Gasteiger partial charge in [0.15, 0.2) is 5.69 Å². The summed E-state index contributed by atoms with van der Waals surface area (Å²) in [6, 6.07) is 5.56. The van der Waals surface area contributed by atoms with Crippen molar-refractivity contribution in [3.8, 4) is 0 Å². The molecular weight excluding hydrogens is 332 g/mol. The van der Waals surface area contributed by atoms with Crippen molar-refractivity contribution in [3.05, 3.63) is 35.9 Å². The number of likely N-dealkylation sites (tertiary alicyclic amines) is 1. The molecule has 2 saturated heterocycles. The molecule has 0 radical (unpaired) electrons. The molecule has 4 rings (SSSR count). The molecule has 2 amide bonds. The number of aromatic nitrogens is 2. The lowest BCUT2D eigenvalue weighted by Crippen LogP contribution is -2.41. The average Bonchev–Trinajstić information content (AvgIpc) is 3.07. The Hall–Kier alpha value is -2.41. The summed E-state index contributed by atoms with van der Waals surface area (Å²) in [5.74, 6) is 0.585. The van der Waals surface area contributed by atoms with Crippen LogP contribution in [0.2, 0.25) is 0 Å². The van der Waals surface area contributed by atoms with E-state index in [2.05, 4.69) is 11.9 Å². The number of nitrogens with zero attached hydrogens (tertiary/aromatic N) is 4. The lowest BCUT2D eigenvalue weighted by atomic mass is 10.0. The third-order valence-corrected chi connectivity index (χ3v) is 5.18. The molecule has 138 valence electrons. The molecule has 0 N–H and O–H groups in total. The Labute approximate surface area is 152 Å². The van der Waals surface area contributed by atoms with Gasteiger partial charge in [0.25, 0.3) is 11.8 Å². The summed E-state index contributed by atoms with van der Waals surface area (Å²) in [5, 5.41) is 0. The van der Waals surface area contributed by atoms with E-state index in [9.17, 15) is 9.59 Å². The summed E-state index contributed by atoms with van der Waals surface area (Å²) >= 11 is 0. The van der Waals surface area contributed by atoms with Gasteiger partial charge in [0.05, 0.1) is 18.7 Å². The molecule has 0 spiro atoms. The fourth-order valence-electron chi connectivity index (χ4n) is 3.78. The highest BCUT2D eigenvalue weighted by Gasteiger charge is 2.29. The third kappa shape index (κ3) is 3.07. The van der Waals surface area contributed by atoms with Crippen molar-refractivity contribution in [1.82, 2.24) is 19.2 Å². The molecule has 2 aliphatic rings. The van der Waals surface area contributed by atoms with E-state index in [0.717, 1.165) is 25.9 Å². The van der Waals surface area contributed by atoms with Crippen LogP contribution in [0, 0.1) is 5.92 Å². The first-order valence-electron chi connectivity index (χ1n) is 9.28. The van der Waals surface area contributed by atoms with Gasteiger partial charge in [0, 0.05) is 32.4 Å². The van der Waals surface area contributed by atoms with Crippen molar-refractivity contribution in [3.63, 3.8) is 0 Å². The summed E-state index contributed by atoms with van der Waals surface area (Å²) in [7, 11) is 0. The van der Waals surface area contributed by atoms with Gasteiger partial charge < -0.3 is 14.5 Å². The first kappa shape index (κ1) is 17.0. The van der Waals surface area contributed by atoms with Crippen LogP contribution in [-0.4, -0.2) is 70.4 Å². The maximum atomic E-state index is 13.1. The van der Waals surface area contributed by atoms with Crippen LogP contribution in [-0.2, 0) is 4.74 Å².